The smallest absolute Gasteiger partial charge is 0.159 e. The first-order valence-electron chi connectivity index (χ1n) is 5.52. The van der Waals surface area contributed by atoms with Crippen molar-refractivity contribution in [3.8, 4) is 0 Å². The molecule has 3 heteroatoms. The number of aryl methyl sites for hydroxylation is 2. The number of hydrogen-bond donors (Lipinski definition) is 1. The van der Waals surface area contributed by atoms with Crippen LogP contribution in [0.1, 0.15) is 25.0 Å². The van der Waals surface area contributed by atoms with Crippen molar-refractivity contribution in [2.45, 2.75) is 27.7 Å². The Hall–Kier alpha value is -0.960. The van der Waals surface area contributed by atoms with E-state index >= 15 is 0 Å². The molecule has 0 saturated heterocycles. The van der Waals surface area contributed by atoms with Gasteiger partial charge in [-0.05, 0) is 43.0 Å². The van der Waals surface area contributed by atoms with Gasteiger partial charge in [-0.15, -0.1) is 0 Å². The summed E-state index contributed by atoms with van der Waals surface area (Å²) in [5.74, 6) is 1.65. The van der Waals surface area contributed by atoms with Gasteiger partial charge in [0.05, 0.1) is 5.69 Å². The number of thioether (sulfide) groups is 1. The average Bonchev–Trinajstić information content (AvgIpc) is 2.12. The van der Waals surface area contributed by atoms with E-state index in [-0.39, 0.29) is 0 Å². The second-order valence-corrected chi connectivity index (χ2v) is 5.54. The van der Waals surface area contributed by atoms with Crippen LogP contribution in [0.3, 0.4) is 0 Å². The van der Waals surface area contributed by atoms with Crippen LogP contribution in [0.15, 0.2) is 23.2 Å². The molecule has 0 aliphatic carbocycles. The fourth-order valence-corrected chi connectivity index (χ4v) is 2.10. The van der Waals surface area contributed by atoms with Crippen molar-refractivity contribution >= 4 is 22.6 Å². The second-order valence-electron chi connectivity index (χ2n) is 4.50. The molecule has 0 bridgehead atoms. The first kappa shape index (κ1) is 13.1. The molecule has 2 N–H and O–H groups in total. The molecule has 0 atom stereocenters. The topological polar surface area (TPSA) is 38.4 Å². The molecule has 0 fully saturated rings. The van der Waals surface area contributed by atoms with Crippen molar-refractivity contribution in [1.82, 2.24) is 0 Å². The Balaban J connectivity index is 2.73. The van der Waals surface area contributed by atoms with Gasteiger partial charge in [0.25, 0.3) is 0 Å². The predicted molar refractivity (Wildman–Crippen MR) is 74.5 cm³/mol. The summed E-state index contributed by atoms with van der Waals surface area (Å²) in [4.78, 5) is 4.41. The first-order chi connectivity index (χ1) is 7.47. The summed E-state index contributed by atoms with van der Waals surface area (Å²) in [6.45, 7) is 8.50. The lowest BCUT2D eigenvalue weighted by molar-refractivity contribution is 0.752. The van der Waals surface area contributed by atoms with Crippen molar-refractivity contribution in [1.29, 1.82) is 0 Å². The molecule has 16 heavy (non-hydrogen) atoms. The Morgan fingerprint density at radius 1 is 1.25 bits per heavy atom. The molecule has 0 spiro atoms. The monoisotopic (exact) mass is 236 g/mol. The minimum absolute atomic E-state index is 0.637. The Labute approximate surface area is 102 Å². The van der Waals surface area contributed by atoms with Crippen LogP contribution in [0.2, 0.25) is 0 Å². The maximum atomic E-state index is 5.87. The molecule has 0 saturated carbocycles. The van der Waals surface area contributed by atoms with Gasteiger partial charge >= 0.3 is 0 Å². The number of hydrogen-bond acceptors (Lipinski definition) is 2. The molecular weight excluding hydrogens is 216 g/mol. The van der Waals surface area contributed by atoms with E-state index in [0.29, 0.717) is 11.1 Å². The molecule has 0 aromatic heterocycles. The van der Waals surface area contributed by atoms with E-state index in [2.05, 4.69) is 50.9 Å². The van der Waals surface area contributed by atoms with Gasteiger partial charge < -0.3 is 5.73 Å². The number of benzene rings is 1. The summed E-state index contributed by atoms with van der Waals surface area (Å²) in [6, 6.07) is 6.24. The molecule has 1 aromatic rings. The number of aliphatic imine (C=N–C) groups is 1. The maximum absolute atomic E-state index is 5.87. The van der Waals surface area contributed by atoms with E-state index in [1.54, 1.807) is 11.8 Å². The standard InChI is InChI=1S/C13H20N2S/c1-9(2)8-16-13(14)15-12-6-10(3)5-11(4)7-12/h5-7,9H,8H2,1-4H3,(H2,14,15). The van der Waals surface area contributed by atoms with E-state index in [1.807, 2.05) is 0 Å². The highest BCUT2D eigenvalue weighted by molar-refractivity contribution is 8.13. The maximum Gasteiger partial charge on any atom is 0.159 e. The van der Waals surface area contributed by atoms with E-state index in [9.17, 15) is 0 Å². The Kier molecular flexibility index (Phi) is 4.87. The molecule has 0 heterocycles. The molecular formula is C13H20N2S. The Morgan fingerprint density at radius 3 is 2.31 bits per heavy atom. The van der Waals surface area contributed by atoms with Crippen molar-refractivity contribution in [2.75, 3.05) is 5.75 Å². The molecule has 0 aliphatic heterocycles. The zero-order chi connectivity index (χ0) is 12.1. The number of nitrogens with zero attached hydrogens (tertiary/aromatic N) is 1. The molecule has 0 radical (unpaired) electrons. The normalized spacial score (nSPS) is 12.2. The summed E-state index contributed by atoms with van der Waals surface area (Å²) in [5, 5.41) is 0.652. The molecule has 0 amide bonds. The van der Waals surface area contributed by atoms with Crippen LogP contribution in [-0.4, -0.2) is 10.9 Å². The lowest BCUT2D eigenvalue weighted by Gasteiger charge is -2.04. The van der Waals surface area contributed by atoms with Gasteiger partial charge in [0.1, 0.15) is 0 Å². The molecule has 88 valence electrons. The largest absolute Gasteiger partial charge is 0.378 e. The third-order valence-electron chi connectivity index (χ3n) is 2.01. The lowest BCUT2D eigenvalue weighted by atomic mass is 10.1. The number of amidine groups is 1. The number of nitrogens with two attached hydrogens (primary N) is 1. The Morgan fingerprint density at radius 2 is 1.81 bits per heavy atom. The first-order valence-corrected chi connectivity index (χ1v) is 6.51. The summed E-state index contributed by atoms with van der Waals surface area (Å²) >= 11 is 1.62. The van der Waals surface area contributed by atoms with Crippen LogP contribution in [0.25, 0.3) is 0 Å². The van der Waals surface area contributed by atoms with E-state index in [0.717, 1.165) is 11.4 Å². The summed E-state index contributed by atoms with van der Waals surface area (Å²) in [6.07, 6.45) is 0. The summed E-state index contributed by atoms with van der Waals surface area (Å²) in [7, 11) is 0. The third kappa shape index (κ3) is 4.71. The van der Waals surface area contributed by atoms with Gasteiger partial charge in [-0.3, -0.25) is 0 Å². The highest BCUT2D eigenvalue weighted by Crippen LogP contribution is 2.19. The van der Waals surface area contributed by atoms with Gasteiger partial charge in [-0.1, -0.05) is 31.7 Å². The highest BCUT2D eigenvalue weighted by atomic mass is 32.2. The van der Waals surface area contributed by atoms with Gasteiger partial charge in [0.2, 0.25) is 0 Å². The van der Waals surface area contributed by atoms with Crippen LogP contribution >= 0.6 is 11.8 Å². The van der Waals surface area contributed by atoms with Gasteiger partial charge in [-0.25, -0.2) is 4.99 Å². The minimum atomic E-state index is 0.637. The van der Waals surface area contributed by atoms with E-state index in [4.69, 9.17) is 5.73 Å². The number of rotatable bonds is 3. The highest BCUT2D eigenvalue weighted by Gasteiger charge is 1.99. The molecule has 2 nitrogen and oxygen atoms in total. The molecule has 0 aliphatic rings. The fourth-order valence-electron chi connectivity index (χ4n) is 1.43. The third-order valence-corrected chi connectivity index (χ3v) is 3.23. The van der Waals surface area contributed by atoms with Crippen LogP contribution in [0.4, 0.5) is 5.69 Å². The van der Waals surface area contributed by atoms with Crippen molar-refractivity contribution < 1.29 is 0 Å². The quantitative estimate of drug-likeness (QED) is 0.643. The van der Waals surface area contributed by atoms with Crippen molar-refractivity contribution in [3.05, 3.63) is 29.3 Å². The summed E-state index contributed by atoms with van der Waals surface area (Å²) in [5.41, 5.74) is 9.26. The zero-order valence-corrected chi connectivity index (χ0v) is 11.3. The van der Waals surface area contributed by atoms with E-state index in [1.165, 1.54) is 11.1 Å². The minimum Gasteiger partial charge on any atom is -0.378 e. The van der Waals surface area contributed by atoms with E-state index < -0.39 is 0 Å². The van der Waals surface area contributed by atoms with Crippen molar-refractivity contribution in [2.24, 2.45) is 16.6 Å². The fraction of sp³-hybridized carbons (Fsp3) is 0.462. The lowest BCUT2D eigenvalue weighted by Crippen LogP contribution is -2.08. The predicted octanol–water partition coefficient (Wildman–Crippen LogP) is 3.64. The van der Waals surface area contributed by atoms with Crippen molar-refractivity contribution in [3.63, 3.8) is 0 Å². The SMILES string of the molecule is Cc1cc(C)cc(N=C(N)SCC(C)C)c1. The van der Waals surface area contributed by atoms with Crippen LogP contribution < -0.4 is 5.73 Å². The van der Waals surface area contributed by atoms with Crippen LogP contribution in [0, 0.1) is 19.8 Å². The average molecular weight is 236 g/mol. The molecule has 0 unspecified atom stereocenters. The second kappa shape index (κ2) is 5.94. The van der Waals surface area contributed by atoms with Gasteiger partial charge in [-0.2, -0.15) is 0 Å². The Bertz CT molecular complexity index is 363. The summed E-state index contributed by atoms with van der Waals surface area (Å²) < 4.78 is 0. The van der Waals surface area contributed by atoms with Crippen LogP contribution in [0.5, 0.6) is 0 Å². The molecule has 1 rings (SSSR count). The van der Waals surface area contributed by atoms with Crippen LogP contribution in [-0.2, 0) is 0 Å². The van der Waals surface area contributed by atoms with Gasteiger partial charge in [0.15, 0.2) is 5.17 Å². The van der Waals surface area contributed by atoms with Gasteiger partial charge in [0, 0.05) is 5.75 Å². The molecule has 1 aromatic carbocycles. The zero-order valence-electron chi connectivity index (χ0n) is 10.4.